The van der Waals surface area contributed by atoms with Crippen molar-refractivity contribution >= 4 is 5.78 Å². The highest BCUT2D eigenvalue weighted by Gasteiger charge is 2.15. The lowest BCUT2D eigenvalue weighted by atomic mass is 10.00. The van der Waals surface area contributed by atoms with Crippen LogP contribution in [-0.4, -0.2) is 12.0 Å². The van der Waals surface area contributed by atoms with Gasteiger partial charge in [0.25, 0.3) is 0 Å². The Morgan fingerprint density at radius 3 is 1.58 bits per heavy atom. The normalized spacial score (nSPS) is 18.2. The van der Waals surface area contributed by atoms with Crippen LogP contribution in [-0.2, 0) is 4.79 Å². The molecular formula is C8H13F3O. The zero-order valence-corrected chi connectivity index (χ0v) is 7.08. The quantitative estimate of drug-likeness (QED) is 0.562. The van der Waals surface area contributed by atoms with Crippen molar-refractivity contribution < 1.29 is 18.0 Å². The summed E-state index contributed by atoms with van der Waals surface area (Å²) >= 11 is 0. The van der Waals surface area contributed by atoms with Crippen molar-refractivity contribution in [3.8, 4) is 0 Å². The minimum absolute atomic E-state index is 0.188. The molecule has 72 valence electrons. The molecule has 0 spiro atoms. The van der Waals surface area contributed by atoms with E-state index in [0.717, 1.165) is 25.7 Å². The van der Waals surface area contributed by atoms with Crippen molar-refractivity contribution in [2.24, 2.45) is 0 Å². The maximum atomic E-state index is 10.5. The number of carbonyl (C=O) groups is 1. The molecule has 0 heterocycles. The van der Waals surface area contributed by atoms with Crippen molar-refractivity contribution in [1.29, 1.82) is 0 Å². The van der Waals surface area contributed by atoms with Gasteiger partial charge >= 0.3 is 6.18 Å². The number of halogens is 3. The molecule has 1 fully saturated rings. The van der Waals surface area contributed by atoms with Crippen LogP contribution in [0.2, 0.25) is 0 Å². The summed E-state index contributed by atoms with van der Waals surface area (Å²) in [5, 5.41) is 0. The van der Waals surface area contributed by atoms with Gasteiger partial charge in [-0.25, -0.2) is 0 Å². The molecule has 0 aromatic carbocycles. The van der Waals surface area contributed by atoms with Gasteiger partial charge in [-0.3, -0.25) is 4.79 Å². The lowest BCUT2D eigenvalue weighted by molar-refractivity contribution is -0.120. The number of Topliss-reactive ketones (excluding diaryl/α,β-unsaturated/α-hetero) is 1. The van der Waals surface area contributed by atoms with Crippen LogP contribution in [0, 0.1) is 0 Å². The van der Waals surface area contributed by atoms with Crippen LogP contribution in [0.1, 0.15) is 39.0 Å². The first-order valence-electron chi connectivity index (χ1n) is 3.98. The molecule has 0 atom stereocenters. The van der Waals surface area contributed by atoms with Crippen molar-refractivity contribution in [3.05, 3.63) is 0 Å². The maximum absolute atomic E-state index is 10.5. The number of ketones is 1. The van der Waals surface area contributed by atoms with Crippen LogP contribution in [0.25, 0.3) is 0 Å². The number of hydrogen-bond donors (Lipinski definition) is 0. The second-order valence-electron chi connectivity index (χ2n) is 2.88. The summed E-state index contributed by atoms with van der Waals surface area (Å²) in [5.74, 6) is 0.464. The fourth-order valence-electron chi connectivity index (χ4n) is 0.946. The van der Waals surface area contributed by atoms with Gasteiger partial charge in [-0.1, -0.05) is 6.42 Å². The first-order chi connectivity index (χ1) is 5.39. The predicted molar refractivity (Wildman–Crippen MR) is 39.8 cm³/mol. The summed E-state index contributed by atoms with van der Waals surface area (Å²) in [6, 6.07) is 0. The highest BCUT2D eigenvalue weighted by Crippen LogP contribution is 2.12. The molecule has 0 aliphatic heterocycles. The second kappa shape index (κ2) is 5.17. The molecule has 0 saturated heterocycles. The Bertz CT molecular complexity index is 126. The van der Waals surface area contributed by atoms with Gasteiger partial charge in [-0.2, -0.15) is 13.2 Å². The molecule has 0 radical (unpaired) electrons. The van der Waals surface area contributed by atoms with E-state index in [-0.39, 0.29) is 6.92 Å². The van der Waals surface area contributed by atoms with E-state index in [9.17, 15) is 18.0 Å². The Labute approximate surface area is 70.0 Å². The zero-order chi connectivity index (χ0) is 9.61. The van der Waals surface area contributed by atoms with Crippen molar-refractivity contribution in [3.63, 3.8) is 0 Å². The topological polar surface area (TPSA) is 17.1 Å². The van der Waals surface area contributed by atoms with E-state index in [1.54, 1.807) is 0 Å². The van der Waals surface area contributed by atoms with Crippen LogP contribution in [0.5, 0.6) is 0 Å². The van der Waals surface area contributed by atoms with Crippen LogP contribution in [0.15, 0.2) is 0 Å². The van der Waals surface area contributed by atoms with Gasteiger partial charge in [0.2, 0.25) is 0 Å². The highest BCUT2D eigenvalue weighted by atomic mass is 19.4. The van der Waals surface area contributed by atoms with Crippen LogP contribution in [0.3, 0.4) is 0 Å². The van der Waals surface area contributed by atoms with Crippen LogP contribution in [0.4, 0.5) is 13.2 Å². The molecule has 0 unspecified atom stereocenters. The van der Waals surface area contributed by atoms with Gasteiger partial charge in [-0.15, -0.1) is 0 Å². The number of alkyl halides is 3. The summed E-state index contributed by atoms with van der Waals surface area (Å²) in [7, 11) is 0. The molecule has 1 rings (SSSR count). The highest BCUT2D eigenvalue weighted by molar-refractivity contribution is 5.78. The summed E-state index contributed by atoms with van der Waals surface area (Å²) in [6.07, 6.45) is 1.24. The SMILES string of the molecule is CC(F)(F)F.O=C1CCCCC1. The third kappa shape index (κ3) is 12.2. The van der Waals surface area contributed by atoms with E-state index >= 15 is 0 Å². The molecule has 0 amide bonds. The van der Waals surface area contributed by atoms with E-state index in [1.165, 1.54) is 6.42 Å². The molecule has 0 bridgehead atoms. The number of rotatable bonds is 0. The summed E-state index contributed by atoms with van der Waals surface area (Å²) < 4.78 is 31.1. The molecule has 12 heavy (non-hydrogen) atoms. The third-order valence-corrected chi connectivity index (χ3v) is 1.41. The molecule has 1 aliphatic carbocycles. The van der Waals surface area contributed by atoms with Gasteiger partial charge in [-0.05, 0) is 12.8 Å². The fraction of sp³-hybridized carbons (Fsp3) is 0.875. The Kier molecular flexibility index (Phi) is 4.93. The second-order valence-corrected chi connectivity index (χ2v) is 2.88. The summed E-state index contributed by atoms with van der Waals surface area (Å²) in [4.78, 5) is 10.5. The molecular weight excluding hydrogens is 169 g/mol. The largest absolute Gasteiger partial charge is 0.386 e. The number of carbonyl (C=O) groups excluding carboxylic acids is 1. The zero-order valence-electron chi connectivity index (χ0n) is 7.08. The van der Waals surface area contributed by atoms with Crippen LogP contribution >= 0.6 is 0 Å². The average Bonchev–Trinajstić information content (AvgIpc) is 1.85. The standard InChI is InChI=1S/C6H10O.C2H3F3/c7-6-4-2-1-3-5-6;1-2(3,4)5/h1-5H2;1H3. The van der Waals surface area contributed by atoms with Gasteiger partial charge in [0.05, 0.1) is 0 Å². The molecule has 0 N–H and O–H groups in total. The maximum Gasteiger partial charge on any atom is 0.386 e. The molecule has 1 saturated carbocycles. The Balaban J connectivity index is 0.000000217. The fourth-order valence-corrected chi connectivity index (χ4v) is 0.946. The minimum Gasteiger partial charge on any atom is -0.300 e. The summed E-state index contributed by atoms with van der Waals surface area (Å²) in [5.41, 5.74) is 0. The molecule has 0 aromatic rings. The smallest absolute Gasteiger partial charge is 0.300 e. The molecule has 0 aromatic heterocycles. The minimum atomic E-state index is -4.00. The number of hydrogen-bond acceptors (Lipinski definition) is 1. The average molecular weight is 182 g/mol. The molecule has 4 heteroatoms. The van der Waals surface area contributed by atoms with Gasteiger partial charge in [0.15, 0.2) is 0 Å². The predicted octanol–water partition coefficient (Wildman–Crippen LogP) is 3.09. The van der Waals surface area contributed by atoms with E-state index < -0.39 is 6.18 Å². The van der Waals surface area contributed by atoms with Gasteiger partial charge in [0.1, 0.15) is 5.78 Å². The van der Waals surface area contributed by atoms with Crippen molar-refractivity contribution in [2.75, 3.05) is 0 Å². The Hall–Kier alpha value is -0.540. The monoisotopic (exact) mass is 182 g/mol. The first-order valence-corrected chi connectivity index (χ1v) is 3.98. The van der Waals surface area contributed by atoms with E-state index in [0.29, 0.717) is 5.78 Å². The van der Waals surface area contributed by atoms with E-state index in [2.05, 4.69) is 0 Å². The van der Waals surface area contributed by atoms with Gasteiger partial charge < -0.3 is 0 Å². The first kappa shape index (κ1) is 11.5. The Morgan fingerprint density at radius 2 is 1.42 bits per heavy atom. The molecule has 1 nitrogen and oxygen atoms in total. The molecule has 1 aliphatic rings. The van der Waals surface area contributed by atoms with Crippen molar-refractivity contribution in [2.45, 2.75) is 45.2 Å². The van der Waals surface area contributed by atoms with E-state index in [1.807, 2.05) is 0 Å². The third-order valence-electron chi connectivity index (χ3n) is 1.41. The van der Waals surface area contributed by atoms with E-state index in [4.69, 9.17) is 0 Å². The summed E-state index contributed by atoms with van der Waals surface area (Å²) in [6.45, 7) is 0.188. The van der Waals surface area contributed by atoms with Gasteiger partial charge in [0, 0.05) is 19.8 Å². The Morgan fingerprint density at radius 1 is 1.08 bits per heavy atom. The van der Waals surface area contributed by atoms with Crippen molar-refractivity contribution in [1.82, 2.24) is 0 Å². The lowest BCUT2D eigenvalue weighted by Gasteiger charge is -2.05. The lowest BCUT2D eigenvalue weighted by Crippen LogP contribution is -2.02. The van der Waals surface area contributed by atoms with Crippen LogP contribution < -0.4 is 0 Å².